The van der Waals surface area contributed by atoms with Crippen LogP contribution in [0.2, 0.25) is 0 Å². The molecule has 23 heteroatoms. The van der Waals surface area contributed by atoms with Crippen LogP contribution < -0.4 is 9.13 Å². The van der Waals surface area contributed by atoms with E-state index < -0.39 is 15.6 Å². The van der Waals surface area contributed by atoms with E-state index in [1.54, 1.807) is 12.1 Å². The Morgan fingerprint density at radius 1 is 0.620 bits per heavy atom. The minimum absolute atomic E-state index is 0. The monoisotopic (exact) mass is 865 g/mol. The molecule has 0 amide bonds. The van der Waals surface area contributed by atoms with Gasteiger partial charge in [-0.3, -0.25) is 10.6 Å². The molecule has 0 saturated heterocycles. The zero-order valence-electron chi connectivity index (χ0n) is 28.9. The summed E-state index contributed by atoms with van der Waals surface area (Å²) in [4.78, 5) is 0. The van der Waals surface area contributed by atoms with E-state index in [1.165, 1.54) is 36.6 Å². The van der Waals surface area contributed by atoms with Crippen LogP contribution >= 0.6 is 15.6 Å². The Kier molecular flexibility index (Phi) is 20.2. The minimum atomic E-state index is -10.7. The normalized spacial score (nSPS) is 12.8. The van der Waals surface area contributed by atoms with Crippen molar-refractivity contribution < 1.29 is 80.6 Å². The average molecular weight is 864 g/mol. The van der Waals surface area contributed by atoms with Crippen LogP contribution in [0.5, 0.6) is 0 Å². The van der Waals surface area contributed by atoms with Crippen molar-refractivity contribution in [2.75, 3.05) is 13.1 Å². The van der Waals surface area contributed by atoms with Crippen LogP contribution in [-0.4, -0.2) is 22.2 Å². The van der Waals surface area contributed by atoms with Gasteiger partial charge in [-0.25, -0.2) is 0 Å². The molecule has 0 saturated carbocycles. The third kappa shape index (κ3) is 33.3. The van der Waals surface area contributed by atoms with Gasteiger partial charge in [-0.2, -0.15) is 10.5 Å². The molecule has 1 aromatic carbocycles. The first kappa shape index (κ1) is 53.6. The topological polar surface area (TPSA) is 93.4 Å². The molecule has 0 bridgehead atoms. The van der Waals surface area contributed by atoms with E-state index in [1.807, 2.05) is 42.5 Å². The summed E-state index contributed by atoms with van der Waals surface area (Å²) in [5, 5.41) is 24.0. The molecule has 3 rings (SSSR count). The standard InChI is InChI=1S/C16H28N6.C7H7.2C2H3N.2F6P.Mo/c1-11-12(2)20(6)15(19(11)5)17-9-10-18-16-21(7)13(3)14(4)22(16)8;1-2-4-6-7-5-3-1;2*1-2-3;2*1-7(2,3,4,5)6;/h9-10H2,1-8H3;1-7H;2*1H3;;;/q;+1;;;2*-1;. The predicted octanol–water partition coefficient (Wildman–Crippen LogP) is 11.7. The van der Waals surface area contributed by atoms with Crippen LogP contribution in [0.1, 0.15) is 36.6 Å². The van der Waals surface area contributed by atoms with Crippen molar-refractivity contribution in [3.05, 3.63) is 75.9 Å². The van der Waals surface area contributed by atoms with Gasteiger partial charge < -0.3 is 18.3 Å². The molecule has 0 fully saturated rings. The van der Waals surface area contributed by atoms with Crippen molar-refractivity contribution in [1.82, 2.24) is 9.13 Å². The fraction of sp³-hybridized carbons (Fsp3) is 0.444. The maximum absolute atomic E-state index is 10.7. The molecule has 8 nitrogen and oxygen atoms in total. The molecule has 3 aromatic rings. The molecule has 0 spiro atoms. The number of rotatable bonds is 5. The van der Waals surface area contributed by atoms with E-state index in [0.29, 0.717) is 13.1 Å². The summed E-state index contributed by atoms with van der Waals surface area (Å²) in [5.41, 5.74) is 4.99. The Balaban J connectivity index is -0.000000310. The molecule has 0 atom stereocenters. The fourth-order valence-electron chi connectivity index (χ4n) is 3.19. The number of hydrogen-bond acceptors (Lipinski definition) is 2. The third-order valence-corrected chi connectivity index (χ3v) is 5.64. The molecule has 0 aliphatic carbocycles. The average Bonchev–Trinajstić information content (AvgIpc) is 3.14. The molecule has 0 radical (unpaired) electrons. The van der Waals surface area contributed by atoms with Gasteiger partial charge in [-0.15, -0.1) is 0 Å². The summed E-state index contributed by atoms with van der Waals surface area (Å²) >= 11 is 0. The molecule has 0 unspecified atom stereocenters. The van der Waals surface area contributed by atoms with Gasteiger partial charge in [-0.05, 0) is 27.7 Å². The maximum Gasteiger partial charge on any atom is 0.0467 e. The van der Waals surface area contributed by atoms with Crippen molar-refractivity contribution in [3.8, 4) is 12.1 Å². The number of hydrogen-bond donors (Lipinski definition) is 0. The Labute approximate surface area is 298 Å². The summed E-state index contributed by atoms with van der Waals surface area (Å²) in [6, 6.07) is 17.5. The number of imidazole rings is 2. The van der Waals surface area contributed by atoms with Gasteiger partial charge in [-0.1, -0.05) is 0 Å². The van der Waals surface area contributed by atoms with E-state index in [-0.39, 0.29) is 21.1 Å². The first-order valence-electron chi connectivity index (χ1n) is 13.5. The van der Waals surface area contributed by atoms with Crippen LogP contribution in [0.4, 0.5) is 62.3 Å². The quantitative estimate of drug-likeness (QED) is 0.0638. The summed E-state index contributed by atoms with van der Waals surface area (Å²) < 4.78 is 127. The molecular formula is C27H41F12MoN8P2-. The smallest absolute Gasteiger partial charge is 0 e. The second-order valence-corrected chi connectivity index (χ2v) is 13.5. The van der Waals surface area contributed by atoms with Crippen LogP contribution in [0, 0.1) is 50.4 Å². The predicted molar refractivity (Wildman–Crippen MR) is 168 cm³/mol. The van der Waals surface area contributed by atoms with E-state index >= 15 is 0 Å². The first-order chi connectivity index (χ1) is 21.5. The Bertz CT molecular complexity index is 1360. The molecule has 2 aromatic heterocycles. The van der Waals surface area contributed by atoms with Gasteiger partial charge in [0, 0.05) is 128 Å². The Hall–Kier alpha value is -3.20. The number of nitriles is 2. The Morgan fingerprint density at radius 3 is 1.02 bits per heavy atom. The van der Waals surface area contributed by atoms with Crippen molar-refractivity contribution in [3.63, 3.8) is 0 Å². The molecule has 0 aliphatic rings. The SMILES string of the molecule is CC#N.CC#N.Cc1c(C)[n+](C)c([N-]CC[N-]c2n(C)c(C)c(C)[n+]2C)n1C.F[P-](F)(F)(F)(F)F.F[P-](F)(F)(F)(F)F.[Mo].c1ccc[cH+]cc1. The van der Waals surface area contributed by atoms with Gasteiger partial charge in [0.1, 0.15) is 0 Å². The molecule has 290 valence electrons. The molecular weight excluding hydrogens is 822 g/mol. The van der Waals surface area contributed by atoms with Crippen molar-refractivity contribution in [2.24, 2.45) is 28.2 Å². The summed E-state index contributed by atoms with van der Waals surface area (Å²) in [6.07, 6.45) is 0. The van der Waals surface area contributed by atoms with Crippen molar-refractivity contribution >= 4 is 27.5 Å². The van der Waals surface area contributed by atoms with Crippen LogP contribution in [0.25, 0.3) is 10.6 Å². The van der Waals surface area contributed by atoms with Gasteiger partial charge in [0.25, 0.3) is 0 Å². The van der Waals surface area contributed by atoms with E-state index in [4.69, 9.17) is 21.2 Å². The minimum Gasteiger partial charge on any atom is 0 e. The van der Waals surface area contributed by atoms with Crippen LogP contribution in [0.3, 0.4) is 0 Å². The van der Waals surface area contributed by atoms with Gasteiger partial charge in [0.15, 0.2) is 0 Å². The molecule has 2 heterocycles. The second-order valence-electron chi connectivity index (χ2n) is 9.65. The number of nitrogens with zero attached hydrogens (tertiary/aromatic N) is 8. The molecule has 0 aliphatic heterocycles. The fourth-order valence-corrected chi connectivity index (χ4v) is 3.19. The van der Waals surface area contributed by atoms with E-state index in [2.05, 4.69) is 74.2 Å². The summed E-state index contributed by atoms with van der Waals surface area (Å²) in [7, 11) is -13.1. The van der Waals surface area contributed by atoms with E-state index in [0.717, 1.165) is 11.9 Å². The van der Waals surface area contributed by atoms with E-state index in [9.17, 15) is 50.4 Å². The van der Waals surface area contributed by atoms with Crippen molar-refractivity contribution in [2.45, 2.75) is 41.5 Å². The van der Waals surface area contributed by atoms with Gasteiger partial charge in [0.2, 0.25) is 11.9 Å². The van der Waals surface area contributed by atoms with Gasteiger partial charge >= 0.3 is 66.0 Å². The number of aromatic nitrogens is 4. The zero-order chi connectivity index (χ0) is 39.8. The largest absolute Gasteiger partial charge is 0.0467 e. The molecule has 0 N–H and O–H groups in total. The summed E-state index contributed by atoms with van der Waals surface area (Å²) in [6.45, 7) is 12.7. The maximum atomic E-state index is 9.87. The van der Waals surface area contributed by atoms with Crippen LogP contribution in [0.15, 0.2) is 42.5 Å². The van der Waals surface area contributed by atoms with Crippen molar-refractivity contribution in [1.29, 1.82) is 10.5 Å². The summed E-state index contributed by atoms with van der Waals surface area (Å²) in [5.74, 6) is 1.99. The molecule has 50 heavy (non-hydrogen) atoms. The van der Waals surface area contributed by atoms with Gasteiger partial charge in [0.05, 0.1) is 25.2 Å². The zero-order valence-corrected chi connectivity index (χ0v) is 32.7. The second kappa shape index (κ2) is 18.9. The van der Waals surface area contributed by atoms with Crippen LogP contribution in [-0.2, 0) is 49.3 Å². The first-order valence-corrected chi connectivity index (χ1v) is 17.5. The third-order valence-electron chi connectivity index (χ3n) is 5.64. The Morgan fingerprint density at radius 2 is 0.840 bits per heavy atom. The number of halogens is 12.